The van der Waals surface area contributed by atoms with Gasteiger partial charge in [-0.15, -0.1) is 10.2 Å². The number of aromatic nitrogens is 2. The van der Waals surface area contributed by atoms with Crippen molar-refractivity contribution >= 4 is 11.3 Å². The van der Waals surface area contributed by atoms with E-state index in [9.17, 15) is 0 Å². The van der Waals surface area contributed by atoms with E-state index in [1.165, 1.54) is 0 Å². The summed E-state index contributed by atoms with van der Waals surface area (Å²) in [7, 11) is 0. The minimum absolute atomic E-state index is 0.577. The molecule has 1 aromatic heterocycles. The summed E-state index contributed by atoms with van der Waals surface area (Å²) in [6, 6.07) is 15.9. The topological polar surface area (TPSA) is 44.2 Å². The van der Waals surface area contributed by atoms with Crippen LogP contribution in [0.25, 0.3) is 21.1 Å². The lowest BCUT2D eigenvalue weighted by atomic mass is 10.2. The molecule has 0 spiro atoms. The summed E-state index contributed by atoms with van der Waals surface area (Å²) in [4.78, 5) is 0. The van der Waals surface area contributed by atoms with Crippen LogP contribution in [0.15, 0.2) is 72.8 Å². The molecule has 0 saturated carbocycles. The van der Waals surface area contributed by atoms with Crippen LogP contribution in [0.5, 0.6) is 11.5 Å². The zero-order valence-electron chi connectivity index (χ0n) is 15.5. The third-order valence-electron chi connectivity index (χ3n) is 3.79. The predicted molar refractivity (Wildman–Crippen MR) is 111 cm³/mol. The average Bonchev–Trinajstić information content (AvgIpc) is 3.20. The van der Waals surface area contributed by atoms with Crippen molar-refractivity contribution in [2.24, 2.45) is 0 Å². The molecule has 0 radical (unpaired) electrons. The lowest BCUT2D eigenvalue weighted by Crippen LogP contribution is -1.92. The minimum atomic E-state index is 0.577. The van der Waals surface area contributed by atoms with Gasteiger partial charge in [0.1, 0.15) is 34.7 Å². The largest absolute Gasteiger partial charge is 0.490 e. The summed E-state index contributed by atoms with van der Waals surface area (Å²) in [5, 5.41) is 10.4. The number of hydrogen-bond donors (Lipinski definition) is 0. The van der Waals surface area contributed by atoms with Crippen molar-refractivity contribution in [2.45, 2.75) is 13.8 Å². The molecule has 0 amide bonds. The second-order valence-corrected chi connectivity index (χ2v) is 6.70. The first kappa shape index (κ1) is 18.9. The van der Waals surface area contributed by atoms with E-state index in [1.807, 2.05) is 86.7 Å². The summed E-state index contributed by atoms with van der Waals surface area (Å²) in [5.41, 5.74) is 2.06. The molecule has 0 atom stereocenters. The highest BCUT2D eigenvalue weighted by molar-refractivity contribution is 7.17. The molecule has 3 rings (SSSR count). The van der Waals surface area contributed by atoms with E-state index in [4.69, 9.17) is 9.47 Å². The number of allylic oxidation sites excluding steroid dienone is 2. The third-order valence-corrected chi connectivity index (χ3v) is 4.81. The SMILES string of the molecule is C/C=C/COc1ccc(-c2nnc(-c3ccc(OC/C=C/C)cc3)s2)cc1. The maximum Gasteiger partial charge on any atom is 0.148 e. The molecular formula is C22H22N2O2S. The average molecular weight is 378 g/mol. The first-order valence-corrected chi connectivity index (χ1v) is 9.64. The maximum atomic E-state index is 5.62. The van der Waals surface area contributed by atoms with Crippen LogP contribution in [0.4, 0.5) is 0 Å². The number of ether oxygens (including phenoxy) is 2. The van der Waals surface area contributed by atoms with E-state index in [2.05, 4.69) is 10.2 Å². The molecule has 0 fully saturated rings. The van der Waals surface area contributed by atoms with Gasteiger partial charge in [-0.2, -0.15) is 0 Å². The quantitative estimate of drug-likeness (QED) is 0.466. The number of benzene rings is 2. The van der Waals surface area contributed by atoms with Crippen LogP contribution >= 0.6 is 11.3 Å². The van der Waals surface area contributed by atoms with Gasteiger partial charge in [0.05, 0.1) is 0 Å². The van der Waals surface area contributed by atoms with Crippen LogP contribution in [-0.4, -0.2) is 23.4 Å². The van der Waals surface area contributed by atoms with Crippen molar-refractivity contribution in [1.82, 2.24) is 10.2 Å². The lowest BCUT2D eigenvalue weighted by Gasteiger charge is -2.03. The third kappa shape index (κ3) is 5.28. The van der Waals surface area contributed by atoms with Gasteiger partial charge < -0.3 is 9.47 Å². The first-order valence-electron chi connectivity index (χ1n) is 8.82. The molecule has 0 bridgehead atoms. The minimum Gasteiger partial charge on any atom is -0.490 e. The van der Waals surface area contributed by atoms with Crippen LogP contribution in [-0.2, 0) is 0 Å². The molecule has 0 unspecified atom stereocenters. The molecule has 0 aliphatic rings. The van der Waals surface area contributed by atoms with Crippen molar-refractivity contribution in [1.29, 1.82) is 0 Å². The van der Waals surface area contributed by atoms with Crippen LogP contribution < -0.4 is 9.47 Å². The molecule has 4 nitrogen and oxygen atoms in total. The van der Waals surface area contributed by atoms with Gasteiger partial charge in [0, 0.05) is 11.1 Å². The van der Waals surface area contributed by atoms with Crippen molar-refractivity contribution < 1.29 is 9.47 Å². The monoisotopic (exact) mass is 378 g/mol. The van der Waals surface area contributed by atoms with Crippen molar-refractivity contribution in [3.63, 3.8) is 0 Å². The highest BCUT2D eigenvalue weighted by atomic mass is 32.1. The molecular weight excluding hydrogens is 356 g/mol. The van der Waals surface area contributed by atoms with E-state index >= 15 is 0 Å². The Kier molecular flexibility index (Phi) is 6.77. The summed E-state index contributed by atoms with van der Waals surface area (Å²) in [6.07, 6.45) is 7.89. The second-order valence-electron chi connectivity index (χ2n) is 5.72. The van der Waals surface area contributed by atoms with E-state index in [1.54, 1.807) is 11.3 Å². The summed E-state index contributed by atoms with van der Waals surface area (Å²) in [5.74, 6) is 1.69. The Morgan fingerprint density at radius 3 is 1.48 bits per heavy atom. The molecule has 3 aromatic rings. The van der Waals surface area contributed by atoms with Gasteiger partial charge in [-0.3, -0.25) is 0 Å². The lowest BCUT2D eigenvalue weighted by molar-refractivity contribution is 0.362. The number of hydrogen-bond acceptors (Lipinski definition) is 5. The Bertz CT molecular complexity index is 823. The fourth-order valence-corrected chi connectivity index (χ4v) is 3.18. The second kappa shape index (κ2) is 9.69. The van der Waals surface area contributed by atoms with Crippen LogP contribution in [0.2, 0.25) is 0 Å². The van der Waals surface area contributed by atoms with E-state index < -0.39 is 0 Å². The van der Waals surface area contributed by atoms with Crippen LogP contribution in [0, 0.1) is 0 Å². The fourth-order valence-electron chi connectivity index (χ4n) is 2.33. The zero-order valence-corrected chi connectivity index (χ0v) is 16.3. The van der Waals surface area contributed by atoms with E-state index in [0.717, 1.165) is 32.6 Å². The Labute approximate surface area is 163 Å². The van der Waals surface area contributed by atoms with Crippen LogP contribution in [0.1, 0.15) is 13.8 Å². The Morgan fingerprint density at radius 2 is 1.11 bits per heavy atom. The molecule has 138 valence electrons. The maximum absolute atomic E-state index is 5.62. The summed E-state index contributed by atoms with van der Waals surface area (Å²) < 4.78 is 11.2. The van der Waals surface area contributed by atoms with Crippen LogP contribution in [0.3, 0.4) is 0 Å². The predicted octanol–water partition coefficient (Wildman–Crippen LogP) is 5.78. The van der Waals surface area contributed by atoms with Gasteiger partial charge in [-0.05, 0) is 62.4 Å². The molecule has 0 aliphatic heterocycles. The smallest absolute Gasteiger partial charge is 0.148 e. The van der Waals surface area contributed by atoms with Gasteiger partial charge in [0.15, 0.2) is 0 Å². The normalized spacial score (nSPS) is 11.3. The summed E-state index contributed by atoms with van der Waals surface area (Å²) >= 11 is 1.57. The Morgan fingerprint density at radius 1 is 0.704 bits per heavy atom. The molecule has 1 heterocycles. The molecule has 0 N–H and O–H groups in total. The molecule has 5 heteroatoms. The van der Waals surface area contributed by atoms with Gasteiger partial charge in [-0.25, -0.2) is 0 Å². The van der Waals surface area contributed by atoms with Crippen molar-refractivity contribution in [3.05, 3.63) is 72.8 Å². The van der Waals surface area contributed by atoms with Gasteiger partial charge >= 0.3 is 0 Å². The fraction of sp³-hybridized carbons (Fsp3) is 0.182. The van der Waals surface area contributed by atoms with E-state index in [-0.39, 0.29) is 0 Å². The molecule has 0 saturated heterocycles. The first-order chi connectivity index (χ1) is 13.3. The number of nitrogens with zero attached hydrogens (tertiary/aromatic N) is 2. The zero-order chi connectivity index (χ0) is 18.9. The summed E-state index contributed by atoms with van der Waals surface area (Å²) in [6.45, 7) is 5.11. The molecule has 0 aliphatic carbocycles. The Balaban J connectivity index is 1.67. The van der Waals surface area contributed by atoms with Crippen molar-refractivity contribution in [2.75, 3.05) is 13.2 Å². The van der Waals surface area contributed by atoms with Gasteiger partial charge in [0.2, 0.25) is 0 Å². The molecule has 27 heavy (non-hydrogen) atoms. The standard InChI is InChI=1S/C22H22N2O2S/c1-3-5-15-25-19-11-7-17(8-12-19)21-23-24-22(27-21)18-9-13-20(14-10-18)26-16-6-4-2/h3-14H,15-16H2,1-2H3/b5-3+,6-4+. The van der Waals surface area contributed by atoms with E-state index in [0.29, 0.717) is 13.2 Å². The highest BCUT2D eigenvalue weighted by Gasteiger charge is 2.09. The molecule has 2 aromatic carbocycles. The van der Waals surface area contributed by atoms with Gasteiger partial charge in [0.25, 0.3) is 0 Å². The highest BCUT2D eigenvalue weighted by Crippen LogP contribution is 2.31. The van der Waals surface area contributed by atoms with Gasteiger partial charge in [-0.1, -0.05) is 35.6 Å². The number of rotatable bonds is 8. The van der Waals surface area contributed by atoms with Crippen molar-refractivity contribution in [3.8, 4) is 32.6 Å². The Hall–Kier alpha value is -2.92.